The highest BCUT2D eigenvalue weighted by molar-refractivity contribution is 5.74. The lowest BCUT2D eigenvalue weighted by molar-refractivity contribution is -0.149. The summed E-state index contributed by atoms with van der Waals surface area (Å²) in [4.78, 5) is 23.2. The van der Waals surface area contributed by atoms with E-state index in [0.29, 0.717) is 5.92 Å². The van der Waals surface area contributed by atoms with Gasteiger partial charge in [-0.25, -0.2) is 0 Å². The van der Waals surface area contributed by atoms with Crippen LogP contribution >= 0.6 is 0 Å². The molecule has 0 amide bonds. The monoisotopic (exact) mass is 271 g/mol. The number of carbonyl (C=O) groups excluding carboxylic acids is 2. The van der Waals surface area contributed by atoms with Crippen molar-refractivity contribution >= 4 is 11.9 Å². The Balaban J connectivity index is 2.61. The number of hydrogen-bond donors (Lipinski definition) is 1. The van der Waals surface area contributed by atoms with Crippen molar-refractivity contribution in [3.05, 3.63) is 0 Å². The molecule has 5 heteroatoms. The van der Waals surface area contributed by atoms with Gasteiger partial charge < -0.3 is 14.8 Å². The van der Waals surface area contributed by atoms with Crippen LogP contribution in [0.15, 0.2) is 0 Å². The lowest BCUT2D eigenvalue weighted by Crippen LogP contribution is -2.32. The molecule has 2 unspecified atom stereocenters. The minimum Gasteiger partial charge on any atom is -0.469 e. The molecule has 1 saturated heterocycles. The molecule has 110 valence electrons. The summed E-state index contributed by atoms with van der Waals surface area (Å²) in [7, 11) is 2.77. The van der Waals surface area contributed by atoms with Gasteiger partial charge >= 0.3 is 11.9 Å². The lowest BCUT2D eigenvalue weighted by atomic mass is 9.80. The van der Waals surface area contributed by atoms with E-state index in [1.165, 1.54) is 14.2 Å². The minimum absolute atomic E-state index is 0.00278. The Kier molecular flexibility index (Phi) is 6.84. The zero-order valence-corrected chi connectivity index (χ0v) is 12.1. The summed E-state index contributed by atoms with van der Waals surface area (Å²) < 4.78 is 9.52. The topological polar surface area (TPSA) is 64.6 Å². The SMILES string of the molecule is COC(=O)CC(CC1CCNCC1)C(C)C(=O)OC. The number of ether oxygens (including phenoxy) is 2. The van der Waals surface area contributed by atoms with Crippen LogP contribution in [0.4, 0.5) is 0 Å². The van der Waals surface area contributed by atoms with Gasteiger partial charge in [-0.1, -0.05) is 6.92 Å². The summed E-state index contributed by atoms with van der Waals surface area (Å²) in [5.41, 5.74) is 0. The molecule has 2 atom stereocenters. The third kappa shape index (κ3) is 5.19. The first kappa shape index (κ1) is 16.0. The molecule has 1 rings (SSSR count). The van der Waals surface area contributed by atoms with Crippen LogP contribution < -0.4 is 5.32 Å². The maximum Gasteiger partial charge on any atom is 0.308 e. The van der Waals surface area contributed by atoms with Gasteiger partial charge in [0.15, 0.2) is 0 Å². The van der Waals surface area contributed by atoms with E-state index in [4.69, 9.17) is 9.47 Å². The van der Waals surface area contributed by atoms with Crippen LogP contribution in [-0.4, -0.2) is 39.2 Å². The van der Waals surface area contributed by atoms with Crippen LogP contribution in [0.2, 0.25) is 0 Å². The number of nitrogens with one attached hydrogen (secondary N) is 1. The molecule has 0 saturated carbocycles. The zero-order chi connectivity index (χ0) is 14.3. The minimum atomic E-state index is -0.265. The van der Waals surface area contributed by atoms with Crippen molar-refractivity contribution in [2.45, 2.75) is 32.6 Å². The van der Waals surface area contributed by atoms with Crippen LogP contribution in [0.25, 0.3) is 0 Å². The molecule has 1 fully saturated rings. The fourth-order valence-corrected chi connectivity index (χ4v) is 2.69. The first-order chi connectivity index (χ1) is 9.08. The number of methoxy groups -OCH3 is 2. The summed E-state index contributed by atoms with van der Waals surface area (Å²) >= 11 is 0. The van der Waals surface area contributed by atoms with E-state index in [0.717, 1.165) is 32.4 Å². The summed E-state index contributed by atoms with van der Waals surface area (Å²) in [5.74, 6) is -0.192. The largest absolute Gasteiger partial charge is 0.469 e. The van der Waals surface area contributed by atoms with Crippen molar-refractivity contribution in [1.29, 1.82) is 0 Å². The molecule has 19 heavy (non-hydrogen) atoms. The highest BCUT2D eigenvalue weighted by Crippen LogP contribution is 2.29. The second-order valence-corrected chi connectivity index (χ2v) is 5.28. The Hall–Kier alpha value is -1.10. The molecule has 1 N–H and O–H groups in total. The molecule has 1 aliphatic heterocycles. The lowest BCUT2D eigenvalue weighted by Gasteiger charge is -2.29. The van der Waals surface area contributed by atoms with Crippen LogP contribution in [-0.2, 0) is 19.1 Å². The van der Waals surface area contributed by atoms with Crippen molar-refractivity contribution in [1.82, 2.24) is 5.32 Å². The quantitative estimate of drug-likeness (QED) is 0.739. The number of carbonyl (C=O) groups is 2. The molecule has 0 aromatic rings. The van der Waals surface area contributed by atoms with Gasteiger partial charge in [-0.3, -0.25) is 9.59 Å². The van der Waals surface area contributed by atoms with E-state index in [1.54, 1.807) is 0 Å². The molecule has 0 radical (unpaired) electrons. The normalized spacial score (nSPS) is 19.5. The average molecular weight is 271 g/mol. The van der Waals surface area contributed by atoms with Crippen LogP contribution in [0.5, 0.6) is 0 Å². The fraction of sp³-hybridized carbons (Fsp3) is 0.857. The molecule has 1 heterocycles. The first-order valence-electron chi connectivity index (χ1n) is 6.93. The summed E-state index contributed by atoms with van der Waals surface area (Å²) in [6.07, 6.45) is 3.38. The Morgan fingerprint density at radius 1 is 1.21 bits per heavy atom. The highest BCUT2D eigenvalue weighted by atomic mass is 16.5. The second-order valence-electron chi connectivity index (χ2n) is 5.28. The maximum atomic E-state index is 11.7. The van der Waals surface area contributed by atoms with Crippen molar-refractivity contribution < 1.29 is 19.1 Å². The molecule has 0 bridgehead atoms. The smallest absolute Gasteiger partial charge is 0.308 e. The van der Waals surface area contributed by atoms with Crippen LogP contribution in [0.3, 0.4) is 0 Å². The first-order valence-corrected chi connectivity index (χ1v) is 6.93. The third-order valence-corrected chi connectivity index (χ3v) is 4.03. The molecule has 5 nitrogen and oxygen atoms in total. The average Bonchev–Trinajstić information content (AvgIpc) is 2.45. The van der Waals surface area contributed by atoms with Gasteiger partial charge in [-0.15, -0.1) is 0 Å². The molecule has 0 spiro atoms. The molecule has 1 aliphatic rings. The zero-order valence-electron chi connectivity index (χ0n) is 12.1. The number of hydrogen-bond acceptors (Lipinski definition) is 5. The predicted octanol–water partition coefficient (Wildman–Crippen LogP) is 1.36. The van der Waals surface area contributed by atoms with Crippen LogP contribution in [0, 0.1) is 17.8 Å². The number of esters is 2. The number of rotatable bonds is 6. The summed E-state index contributed by atoms with van der Waals surface area (Å²) in [6.45, 7) is 3.87. The van der Waals surface area contributed by atoms with Gasteiger partial charge in [-0.05, 0) is 44.2 Å². The molecule has 0 aliphatic carbocycles. The molecular weight excluding hydrogens is 246 g/mol. The van der Waals surface area contributed by atoms with Gasteiger partial charge in [0, 0.05) is 6.42 Å². The Morgan fingerprint density at radius 3 is 2.37 bits per heavy atom. The Morgan fingerprint density at radius 2 is 1.84 bits per heavy atom. The van der Waals surface area contributed by atoms with Gasteiger partial charge in [-0.2, -0.15) is 0 Å². The standard InChI is InChI=1S/C14H25NO4/c1-10(14(17)19-3)12(9-13(16)18-2)8-11-4-6-15-7-5-11/h10-12,15H,4-9H2,1-3H3. The molecular formula is C14H25NO4. The fourth-order valence-electron chi connectivity index (χ4n) is 2.69. The van der Waals surface area contributed by atoms with E-state index in [-0.39, 0.29) is 30.2 Å². The van der Waals surface area contributed by atoms with Crippen molar-refractivity contribution in [2.75, 3.05) is 27.3 Å². The number of piperidine rings is 1. The summed E-state index contributed by atoms with van der Waals surface area (Å²) in [5, 5.41) is 3.32. The van der Waals surface area contributed by atoms with E-state index in [2.05, 4.69) is 5.32 Å². The van der Waals surface area contributed by atoms with Crippen molar-refractivity contribution in [2.24, 2.45) is 17.8 Å². The van der Waals surface area contributed by atoms with Crippen molar-refractivity contribution in [3.8, 4) is 0 Å². The third-order valence-electron chi connectivity index (χ3n) is 4.03. The Bertz CT molecular complexity index is 300. The van der Waals surface area contributed by atoms with Crippen LogP contribution in [0.1, 0.15) is 32.6 Å². The molecule has 0 aromatic carbocycles. The second kappa shape index (κ2) is 8.15. The summed E-state index contributed by atoms with van der Waals surface area (Å²) in [6, 6.07) is 0. The highest BCUT2D eigenvalue weighted by Gasteiger charge is 2.30. The van der Waals surface area contributed by atoms with Gasteiger partial charge in [0.1, 0.15) is 0 Å². The predicted molar refractivity (Wildman–Crippen MR) is 71.5 cm³/mol. The van der Waals surface area contributed by atoms with E-state index >= 15 is 0 Å². The van der Waals surface area contributed by atoms with Gasteiger partial charge in [0.2, 0.25) is 0 Å². The molecule has 0 aromatic heterocycles. The van der Waals surface area contributed by atoms with Gasteiger partial charge in [0.25, 0.3) is 0 Å². The Labute approximate surface area is 115 Å². The maximum absolute atomic E-state index is 11.7. The van der Waals surface area contributed by atoms with Crippen molar-refractivity contribution in [3.63, 3.8) is 0 Å². The van der Waals surface area contributed by atoms with E-state index in [1.807, 2.05) is 6.92 Å². The van der Waals surface area contributed by atoms with Gasteiger partial charge in [0.05, 0.1) is 20.1 Å². The van der Waals surface area contributed by atoms with E-state index < -0.39 is 0 Å². The van der Waals surface area contributed by atoms with E-state index in [9.17, 15) is 9.59 Å².